The van der Waals surface area contributed by atoms with E-state index in [-0.39, 0.29) is 11.9 Å². The van der Waals surface area contributed by atoms with E-state index in [0.29, 0.717) is 12.8 Å². The van der Waals surface area contributed by atoms with Gasteiger partial charge in [-0.3, -0.25) is 4.79 Å². The summed E-state index contributed by atoms with van der Waals surface area (Å²) in [4.78, 5) is 13.6. The Hall–Kier alpha value is -1.00. The normalized spacial score (nSPS) is 18.8. The van der Waals surface area contributed by atoms with Crippen molar-refractivity contribution in [2.24, 2.45) is 5.73 Å². The van der Waals surface area contributed by atoms with Crippen LogP contribution in [0.4, 0.5) is 0 Å². The summed E-state index contributed by atoms with van der Waals surface area (Å²) in [6.07, 6.45) is 2.30. The van der Waals surface area contributed by atoms with Crippen molar-refractivity contribution in [2.75, 3.05) is 5.75 Å². The lowest BCUT2D eigenvalue weighted by Crippen LogP contribution is -2.54. The van der Waals surface area contributed by atoms with Gasteiger partial charge in [0, 0.05) is 10.6 Å². The summed E-state index contributed by atoms with van der Waals surface area (Å²) >= 11 is 1.86. The Kier molecular flexibility index (Phi) is 4.53. The summed E-state index contributed by atoms with van der Waals surface area (Å²) in [7, 11) is 0. The van der Waals surface area contributed by atoms with Crippen LogP contribution < -0.4 is 11.1 Å². The van der Waals surface area contributed by atoms with E-state index in [0.717, 1.165) is 12.2 Å². The van der Waals surface area contributed by atoms with E-state index in [2.05, 4.69) is 17.4 Å². The molecule has 1 atom stereocenters. The first-order chi connectivity index (χ1) is 9.10. The third-order valence-corrected chi connectivity index (χ3v) is 5.10. The lowest BCUT2D eigenvalue weighted by Gasteiger charge is -2.31. The largest absolute Gasteiger partial charge is 0.348 e. The maximum atomic E-state index is 12.4. The van der Waals surface area contributed by atoms with Crippen molar-refractivity contribution in [2.45, 2.75) is 49.6 Å². The number of thioether (sulfide) groups is 1. The van der Waals surface area contributed by atoms with Gasteiger partial charge in [-0.15, -0.1) is 11.8 Å². The molecular weight excluding hydrogens is 256 g/mol. The van der Waals surface area contributed by atoms with Gasteiger partial charge < -0.3 is 11.1 Å². The highest BCUT2D eigenvalue weighted by molar-refractivity contribution is 7.99. The highest BCUT2D eigenvalue weighted by Crippen LogP contribution is 2.36. The Labute approximate surface area is 119 Å². The Morgan fingerprint density at radius 2 is 2.11 bits per heavy atom. The number of carbonyl (C=O) groups excluding carboxylic acids is 1. The standard InChI is InChI=1S/C15H22N2OS/c1-3-15(16,4-2)14(18)17-12-9-10-19-13-8-6-5-7-11(12)13/h5-8,12H,3-4,9-10,16H2,1-2H3,(H,17,18). The quantitative estimate of drug-likeness (QED) is 0.890. The van der Waals surface area contributed by atoms with Gasteiger partial charge >= 0.3 is 0 Å². The number of hydrogen-bond donors (Lipinski definition) is 2. The van der Waals surface area contributed by atoms with Crippen LogP contribution in [0, 0.1) is 0 Å². The van der Waals surface area contributed by atoms with Crippen molar-refractivity contribution < 1.29 is 4.79 Å². The van der Waals surface area contributed by atoms with Gasteiger partial charge in [-0.1, -0.05) is 32.0 Å². The number of carbonyl (C=O) groups is 1. The number of benzene rings is 1. The summed E-state index contributed by atoms with van der Waals surface area (Å²) in [5.74, 6) is 1.02. The first-order valence-electron chi connectivity index (χ1n) is 6.92. The van der Waals surface area contributed by atoms with Crippen molar-refractivity contribution in [1.82, 2.24) is 5.32 Å². The fraction of sp³-hybridized carbons (Fsp3) is 0.533. The Balaban J connectivity index is 2.15. The molecule has 104 valence electrons. The highest BCUT2D eigenvalue weighted by Gasteiger charge is 2.32. The van der Waals surface area contributed by atoms with Gasteiger partial charge in [-0.05, 0) is 30.9 Å². The van der Waals surface area contributed by atoms with Crippen LogP contribution in [-0.4, -0.2) is 17.2 Å². The molecule has 1 amide bonds. The summed E-state index contributed by atoms with van der Waals surface area (Å²) in [5.41, 5.74) is 6.65. The van der Waals surface area contributed by atoms with Gasteiger partial charge in [-0.2, -0.15) is 0 Å². The minimum absolute atomic E-state index is 0.0239. The van der Waals surface area contributed by atoms with E-state index in [9.17, 15) is 4.79 Å². The van der Waals surface area contributed by atoms with Crippen LogP contribution in [0.5, 0.6) is 0 Å². The minimum atomic E-state index is -0.737. The van der Waals surface area contributed by atoms with Crippen LogP contribution in [0.15, 0.2) is 29.2 Å². The molecule has 0 radical (unpaired) electrons. The summed E-state index contributed by atoms with van der Waals surface area (Å²) < 4.78 is 0. The number of rotatable bonds is 4. The van der Waals surface area contributed by atoms with Crippen molar-refractivity contribution in [1.29, 1.82) is 0 Å². The number of nitrogens with two attached hydrogens (primary N) is 1. The number of fused-ring (bicyclic) bond motifs is 1. The molecule has 1 aromatic carbocycles. The van der Waals surface area contributed by atoms with Gasteiger partial charge in [0.05, 0.1) is 11.6 Å². The van der Waals surface area contributed by atoms with E-state index in [4.69, 9.17) is 5.73 Å². The van der Waals surface area contributed by atoms with Gasteiger partial charge in [0.15, 0.2) is 0 Å². The van der Waals surface area contributed by atoms with Gasteiger partial charge in [0.1, 0.15) is 0 Å². The maximum Gasteiger partial charge on any atom is 0.240 e. The lowest BCUT2D eigenvalue weighted by atomic mass is 9.92. The predicted molar refractivity (Wildman–Crippen MR) is 80.2 cm³/mol. The fourth-order valence-corrected chi connectivity index (χ4v) is 3.49. The van der Waals surface area contributed by atoms with Crippen molar-refractivity contribution in [3.05, 3.63) is 29.8 Å². The molecule has 1 unspecified atom stereocenters. The second-order valence-corrected chi connectivity index (χ2v) is 6.20. The van der Waals surface area contributed by atoms with Crippen LogP contribution in [-0.2, 0) is 4.79 Å². The smallest absolute Gasteiger partial charge is 0.240 e. The molecule has 1 heterocycles. The summed E-state index contributed by atoms with van der Waals surface area (Å²) in [6, 6.07) is 8.39. The molecule has 0 spiro atoms. The molecule has 2 rings (SSSR count). The van der Waals surface area contributed by atoms with E-state index in [1.807, 2.05) is 37.7 Å². The highest BCUT2D eigenvalue weighted by atomic mass is 32.2. The molecule has 1 aliphatic heterocycles. The van der Waals surface area contributed by atoms with Gasteiger partial charge in [0.25, 0.3) is 0 Å². The number of amides is 1. The van der Waals surface area contributed by atoms with Crippen LogP contribution in [0.25, 0.3) is 0 Å². The third kappa shape index (κ3) is 2.95. The third-order valence-electron chi connectivity index (χ3n) is 3.98. The first kappa shape index (κ1) is 14.4. The lowest BCUT2D eigenvalue weighted by molar-refractivity contribution is -0.127. The number of hydrogen-bond acceptors (Lipinski definition) is 3. The zero-order chi connectivity index (χ0) is 13.9. The summed E-state index contributed by atoms with van der Waals surface area (Å²) in [5, 5.41) is 3.14. The second-order valence-electron chi connectivity index (χ2n) is 5.06. The molecule has 0 aromatic heterocycles. The van der Waals surface area contributed by atoms with Crippen molar-refractivity contribution in [3.63, 3.8) is 0 Å². The molecular formula is C15H22N2OS. The van der Waals surface area contributed by atoms with E-state index < -0.39 is 5.54 Å². The monoisotopic (exact) mass is 278 g/mol. The SMILES string of the molecule is CCC(N)(CC)C(=O)NC1CCSc2ccccc21. The molecule has 0 saturated heterocycles. The minimum Gasteiger partial charge on any atom is -0.348 e. The molecule has 4 heteroatoms. The Bertz CT molecular complexity index is 457. The molecule has 1 aliphatic rings. The average Bonchev–Trinajstić information content (AvgIpc) is 2.46. The van der Waals surface area contributed by atoms with Gasteiger partial charge in [-0.25, -0.2) is 0 Å². The van der Waals surface area contributed by atoms with Crippen LogP contribution in [0.1, 0.15) is 44.7 Å². The fourth-order valence-electron chi connectivity index (χ4n) is 2.37. The van der Waals surface area contributed by atoms with Crippen LogP contribution in [0.3, 0.4) is 0 Å². The molecule has 0 saturated carbocycles. The van der Waals surface area contributed by atoms with Crippen molar-refractivity contribution >= 4 is 17.7 Å². The zero-order valence-corrected chi connectivity index (χ0v) is 12.4. The summed E-state index contributed by atoms with van der Waals surface area (Å²) in [6.45, 7) is 3.93. The van der Waals surface area contributed by atoms with E-state index in [1.54, 1.807) is 0 Å². The van der Waals surface area contributed by atoms with Crippen LogP contribution in [0.2, 0.25) is 0 Å². The van der Waals surface area contributed by atoms with Crippen molar-refractivity contribution in [3.8, 4) is 0 Å². The maximum absolute atomic E-state index is 12.4. The molecule has 0 fully saturated rings. The van der Waals surface area contributed by atoms with Crippen LogP contribution >= 0.6 is 11.8 Å². The average molecular weight is 278 g/mol. The first-order valence-corrected chi connectivity index (χ1v) is 7.91. The molecule has 1 aromatic rings. The molecule has 3 nitrogen and oxygen atoms in total. The topological polar surface area (TPSA) is 55.1 Å². The van der Waals surface area contributed by atoms with Gasteiger partial charge in [0.2, 0.25) is 5.91 Å². The van der Waals surface area contributed by atoms with E-state index >= 15 is 0 Å². The van der Waals surface area contributed by atoms with E-state index in [1.165, 1.54) is 10.5 Å². The Morgan fingerprint density at radius 1 is 1.42 bits per heavy atom. The Morgan fingerprint density at radius 3 is 2.79 bits per heavy atom. The molecule has 0 bridgehead atoms. The molecule has 0 aliphatic carbocycles. The molecule has 19 heavy (non-hydrogen) atoms. The second kappa shape index (κ2) is 5.97. The zero-order valence-electron chi connectivity index (χ0n) is 11.6. The number of nitrogens with one attached hydrogen (secondary N) is 1. The molecule has 3 N–H and O–H groups in total. The predicted octanol–water partition coefficient (Wildman–Crippen LogP) is 2.86.